The fourth-order valence-corrected chi connectivity index (χ4v) is 3.57. The van der Waals surface area contributed by atoms with Crippen molar-refractivity contribution in [2.24, 2.45) is 11.7 Å². The van der Waals surface area contributed by atoms with Crippen molar-refractivity contribution in [3.05, 3.63) is 35.4 Å². The summed E-state index contributed by atoms with van der Waals surface area (Å²) < 4.78 is 0. The van der Waals surface area contributed by atoms with E-state index < -0.39 is 0 Å². The minimum absolute atomic E-state index is 0.0387. The number of rotatable bonds is 2. The summed E-state index contributed by atoms with van der Waals surface area (Å²) in [5, 5.41) is 0. The third kappa shape index (κ3) is 2.02. The van der Waals surface area contributed by atoms with E-state index in [0.29, 0.717) is 10.6 Å². The number of amides is 2. The maximum absolute atomic E-state index is 12.6. The van der Waals surface area contributed by atoms with E-state index in [4.69, 9.17) is 18.0 Å². The van der Waals surface area contributed by atoms with Gasteiger partial charge in [-0.2, -0.15) is 0 Å². The zero-order valence-corrected chi connectivity index (χ0v) is 11.9. The van der Waals surface area contributed by atoms with Crippen LogP contribution in [-0.4, -0.2) is 27.7 Å². The van der Waals surface area contributed by atoms with Crippen molar-refractivity contribution < 1.29 is 9.59 Å². The number of hydrogen-bond acceptors (Lipinski definition) is 3. The highest BCUT2D eigenvalue weighted by Crippen LogP contribution is 2.33. The van der Waals surface area contributed by atoms with Crippen LogP contribution >= 0.6 is 12.2 Å². The van der Waals surface area contributed by atoms with E-state index in [1.165, 1.54) is 4.90 Å². The number of benzene rings is 1. The molecule has 1 saturated carbocycles. The third-order valence-corrected chi connectivity index (χ3v) is 4.56. The van der Waals surface area contributed by atoms with Crippen LogP contribution in [0, 0.1) is 5.92 Å². The summed E-state index contributed by atoms with van der Waals surface area (Å²) in [5.74, 6) is -0.380. The molecule has 1 aromatic rings. The van der Waals surface area contributed by atoms with Gasteiger partial charge in [-0.15, -0.1) is 0 Å². The van der Waals surface area contributed by atoms with E-state index in [0.717, 1.165) is 24.8 Å². The molecule has 0 radical (unpaired) electrons. The molecule has 1 aliphatic carbocycles. The Bertz CT molecular complexity index is 599. The second-order valence-corrected chi connectivity index (χ2v) is 5.88. The lowest BCUT2D eigenvalue weighted by atomic mass is 9.94. The maximum atomic E-state index is 12.6. The first-order valence-electron chi connectivity index (χ1n) is 6.83. The molecule has 0 spiro atoms. The molecule has 4 nitrogen and oxygen atoms in total. The molecule has 2 atom stereocenters. The summed E-state index contributed by atoms with van der Waals surface area (Å²) in [7, 11) is 0. The van der Waals surface area contributed by atoms with E-state index in [1.807, 2.05) is 18.2 Å². The minimum atomic E-state index is -0.204. The lowest BCUT2D eigenvalue weighted by Crippen LogP contribution is -2.51. The smallest absolute Gasteiger partial charge is 0.261 e. The summed E-state index contributed by atoms with van der Waals surface area (Å²) in [5.41, 5.74) is 7.20. The van der Waals surface area contributed by atoms with Gasteiger partial charge in [0.25, 0.3) is 5.91 Å². The largest absolute Gasteiger partial charge is 0.393 e. The fourth-order valence-electron chi connectivity index (χ4n) is 3.29. The van der Waals surface area contributed by atoms with Crippen molar-refractivity contribution in [2.45, 2.75) is 31.7 Å². The lowest BCUT2D eigenvalue weighted by Gasteiger charge is -2.34. The summed E-state index contributed by atoms with van der Waals surface area (Å²) in [4.78, 5) is 26.8. The van der Waals surface area contributed by atoms with Gasteiger partial charge in [-0.25, -0.2) is 0 Å². The zero-order chi connectivity index (χ0) is 14.3. The number of carbonyl (C=O) groups is 2. The van der Waals surface area contributed by atoms with Crippen LogP contribution in [0.4, 0.5) is 0 Å². The van der Waals surface area contributed by atoms with Crippen LogP contribution in [0.2, 0.25) is 0 Å². The number of imide groups is 1. The molecule has 2 N–H and O–H groups in total. The van der Waals surface area contributed by atoms with Crippen LogP contribution in [0.15, 0.2) is 24.3 Å². The van der Waals surface area contributed by atoms with Gasteiger partial charge in [-0.1, -0.05) is 36.8 Å². The van der Waals surface area contributed by atoms with Crippen LogP contribution in [0.25, 0.3) is 0 Å². The predicted molar refractivity (Wildman–Crippen MR) is 79.2 cm³/mol. The van der Waals surface area contributed by atoms with Gasteiger partial charge < -0.3 is 5.73 Å². The number of fused-ring (bicyclic) bond motifs is 1. The van der Waals surface area contributed by atoms with Crippen LogP contribution < -0.4 is 5.73 Å². The predicted octanol–water partition coefficient (Wildman–Crippen LogP) is 1.67. The van der Waals surface area contributed by atoms with Crippen molar-refractivity contribution in [1.29, 1.82) is 0 Å². The molecule has 1 fully saturated rings. The Kier molecular flexibility index (Phi) is 3.30. The number of nitrogens with two attached hydrogens (primary N) is 1. The molecule has 2 aliphatic rings. The second-order valence-electron chi connectivity index (χ2n) is 5.41. The van der Waals surface area contributed by atoms with Crippen molar-refractivity contribution in [2.75, 3.05) is 0 Å². The highest BCUT2D eigenvalue weighted by Gasteiger charge is 2.42. The van der Waals surface area contributed by atoms with E-state index in [-0.39, 0.29) is 30.2 Å². The number of hydrogen-bond donors (Lipinski definition) is 1. The molecule has 0 saturated heterocycles. The quantitative estimate of drug-likeness (QED) is 0.664. The molecule has 1 aromatic carbocycles. The zero-order valence-electron chi connectivity index (χ0n) is 11.0. The Morgan fingerprint density at radius 3 is 2.75 bits per heavy atom. The summed E-state index contributed by atoms with van der Waals surface area (Å²) in [6.07, 6.45) is 2.88. The molecule has 3 rings (SSSR count). The van der Waals surface area contributed by atoms with Gasteiger partial charge in [0.15, 0.2) is 0 Å². The number of thiocarbonyl (C=S) groups is 1. The number of nitrogens with zero attached hydrogens (tertiary/aromatic N) is 1. The summed E-state index contributed by atoms with van der Waals surface area (Å²) in [6.45, 7) is 0. The molecule has 1 heterocycles. The van der Waals surface area contributed by atoms with E-state index in [9.17, 15) is 9.59 Å². The van der Waals surface area contributed by atoms with Crippen LogP contribution in [0.5, 0.6) is 0 Å². The molecule has 20 heavy (non-hydrogen) atoms. The van der Waals surface area contributed by atoms with Gasteiger partial charge >= 0.3 is 0 Å². The molecule has 0 aromatic heterocycles. The molecule has 2 unspecified atom stereocenters. The maximum Gasteiger partial charge on any atom is 0.261 e. The fraction of sp³-hybridized carbons (Fsp3) is 0.400. The topological polar surface area (TPSA) is 63.4 Å². The summed E-state index contributed by atoms with van der Waals surface area (Å²) >= 11 is 5.09. The van der Waals surface area contributed by atoms with Crippen LogP contribution in [0.3, 0.4) is 0 Å². The molecule has 104 valence electrons. The normalized spacial score (nSPS) is 25.7. The van der Waals surface area contributed by atoms with Gasteiger partial charge in [0, 0.05) is 17.5 Å². The standard InChI is InChI=1S/C15H16N2O2S/c16-14(20)11-6-3-7-12(11)17-13(18)8-9-4-1-2-5-10(9)15(17)19/h1-2,4-5,11-12H,3,6-8H2,(H2,16,20). The van der Waals surface area contributed by atoms with Gasteiger partial charge in [-0.3, -0.25) is 14.5 Å². The van der Waals surface area contributed by atoms with Crippen molar-refractivity contribution in [3.63, 3.8) is 0 Å². The first-order chi connectivity index (χ1) is 9.59. The Hall–Kier alpha value is -1.75. The van der Waals surface area contributed by atoms with E-state index >= 15 is 0 Å². The molecule has 1 aliphatic heterocycles. The third-order valence-electron chi connectivity index (χ3n) is 4.25. The van der Waals surface area contributed by atoms with E-state index in [2.05, 4.69) is 0 Å². The minimum Gasteiger partial charge on any atom is -0.393 e. The Morgan fingerprint density at radius 1 is 1.25 bits per heavy atom. The van der Waals surface area contributed by atoms with Crippen LogP contribution in [0.1, 0.15) is 35.2 Å². The van der Waals surface area contributed by atoms with Gasteiger partial charge in [0.2, 0.25) is 5.91 Å². The van der Waals surface area contributed by atoms with Gasteiger partial charge in [0.1, 0.15) is 0 Å². The van der Waals surface area contributed by atoms with Crippen LogP contribution in [-0.2, 0) is 11.2 Å². The highest BCUT2D eigenvalue weighted by atomic mass is 32.1. The molecular weight excluding hydrogens is 272 g/mol. The molecule has 0 bridgehead atoms. The lowest BCUT2D eigenvalue weighted by molar-refractivity contribution is -0.130. The Labute approximate surface area is 122 Å². The first-order valence-corrected chi connectivity index (χ1v) is 7.24. The average Bonchev–Trinajstić information content (AvgIpc) is 2.88. The Balaban J connectivity index is 1.97. The SMILES string of the molecule is NC(=S)C1CCCC1N1C(=O)Cc2ccccc2C1=O. The average molecular weight is 288 g/mol. The first kappa shape index (κ1) is 13.2. The molecule has 5 heteroatoms. The Morgan fingerprint density at radius 2 is 2.00 bits per heavy atom. The van der Waals surface area contributed by atoms with Crippen molar-refractivity contribution in [1.82, 2.24) is 4.90 Å². The number of carbonyl (C=O) groups excluding carboxylic acids is 2. The highest BCUT2D eigenvalue weighted by molar-refractivity contribution is 7.80. The van der Waals surface area contributed by atoms with Gasteiger partial charge in [-0.05, 0) is 24.5 Å². The molecular formula is C15H16N2O2S. The second kappa shape index (κ2) is 4.98. The molecule has 2 amide bonds. The van der Waals surface area contributed by atoms with E-state index in [1.54, 1.807) is 6.07 Å². The monoisotopic (exact) mass is 288 g/mol. The van der Waals surface area contributed by atoms with Crippen molar-refractivity contribution >= 4 is 29.0 Å². The van der Waals surface area contributed by atoms with Crippen molar-refractivity contribution in [3.8, 4) is 0 Å². The van der Waals surface area contributed by atoms with Gasteiger partial charge in [0.05, 0.1) is 11.4 Å². The summed E-state index contributed by atoms with van der Waals surface area (Å²) in [6, 6.07) is 7.12.